The van der Waals surface area contributed by atoms with Crippen LogP contribution in [-0.2, 0) is 10.5 Å². The van der Waals surface area contributed by atoms with Crippen LogP contribution in [0.15, 0.2) is 16.9 Å². The molecule has 2 aliphatic rings. The number of fused-ring (bicyclic) bond motifs is 2. The van der Waals surface area contributed by atoms with Gasteiger partial charge in [0, 0.05) is 18.7 Å². The number of methoxy groups -OCH3 is 2. The second kappa shape index (κ2) is 10.6. The van der Waals surface area contributed by atoms with Crippen LogP contribution in [0.2, 0.25) is 0 Å². The second-order valence-electron chi connectivity index (χ2n) is 8.54. The summed E-state index contributed by atoms with van der Waals surface area (Å²) in [7, 11) is 3.08. The number of aromatic nitrogens is 2. The Morgan fingerprint density at radius 3 is 2.78 bits per heavy atom. The minimum Gasteiger partial charge on any atom is -0.493 e. The van der Waals surface area contributed by atoms with Crippen molar-refractivity contribution in [2.75, 3.05) is 39.6 Å². The van der Waals surface area contributed by atoms with Gasteiger partial charge in [0.2, 0.25) is 5.91 Å². The number of aromatic amines is 1. The molecule has 32 heavy (non-hydrogen) atoms. The zero-order valence-electron chi connectivity index (χ0n) is 18.8. The lowest BCUT2D eigenvalue weighted by Gasteiger charge is -2.44. The van der Waals surface area contributed by atoms with Gasteiger partial charge in [-0.15, -0.1) is 11.8 Å². The van der Waals surface area contributed by atoms with E-state index in [2.05, 4.69) is 20.2 Å². The Kier molecular flexibility index (Phi) is 7.57. The van der Waals surface area contributed by atoms with E-state index in [1.807, 2.05) is 0 Å². The van der Waals surface area contributed by atoms with Crippen LogP contribution in [0.5, 0.6) is 11.5 Å². The number of H-pyrrole nitrogens is 1. The van der Waals surface area contributed by atoms with Crippen molar-refractivity contribution in [2.45, 2.75) is 43.9 Å². The number of nitrogens with one attached hydrogen (secondary N) is 2. The first kappa shape index (κ1) is 22.9. The molecule has 8 nitrogen and oxygen atoms in total. The Balaban J connectivity index is 1.30. The number of hydrogen-bond acceptors (Lipinski definition) is 7. The molecule has 0 unspecified atom stereocenters. The molecule has 2 N–H and O–H groups in total. The molecule has 0 aliphatic carbocycles. The Morgan fingerprint density at radius 2 is 1.97 bits per heavy atom. The zero-order chi connectivity index (χ0) is 22.5. The van der Waals surface area contributed by atoms with Crippen LogP contribution in [0.25, 0.3) is 10.9 Å². The molecule has 9 heteroatoms. The van der Waals surface area contributed by atoms with E-state index >= 15 is 0 Å². The predicted molar refractivity (Wildman–Crippen MR) is 127 cm³/mol. The van der Waals surface area contributed by atoms with Crippen LogP contribution in [0, 0.1) is 5.92 Å². The average Bonchev–Trinajstić information content (AvgIpc) is 2.82. The smallest absolute Gasteiger partial charge is 0.258 e. The van der Waals surface area contributed by atoms with E-state index in [-0.39, 0.29) is 11.5 Å². The van der Waals surface area contributed by atoms with Crippen molar-refractivity contribution in [1.29, 1.82) is 0 Å². The van der Waals surface area contributed by atoms with Crippen LogP contribution in [0.3, 0.4) is 0 Å². The number of benzene rings is 1. The third-order valence-corrected chi connectivity index (χ3v) is 7.47. The topological polar surface area (TPSA) is 96.5 Å². The fourth-order valence-electron chi connectivity index (χ4n) is 4.93. The highest BCUT2D eigenvalue weighted by molar-refractivity contribution is 7.99. The van der Waals surface area contributed by atoms with E-state index in [1.165, 1.54) is 64.1 Å². The molecule has 1 aromatic heterocycles. The molecule has 0 radical (unpaired) electrons. The van der Waals surface area contributed by atoms with Gasteiger partial charge in [-0.05, 0) is 50.8 Å². The predicted octanol–water partition coefficient (Wildman–Crippen LogP) is 2.55. The summed E-state index contributed by atoms with van der Waals surface area (Å²) in [5.41, 5.74) is 0.311. The summed E-state index contributed by atoms with van der Waals surface area (Å²) < 4.78 is 10.6. The molecule has 174 valence electrons. The Morgan fingerprint density at radius 1 is 1.19 bits per heavy atom. The molecular formula is C23H32N4O4S. The van der Waals surface area contributed by atoms with Gasteiger partial charge in [-0.1, -0.05) is 6.42 Å². The summed E-state index contributed by atoms with van der Waals surface area (Å²) >= 11 is 1.45. The summed E-state index contributed by atoms with van der Waals surface area (Å²) in [5.74, 6) is 2.94. The molecule has 2 aliphatic heterocycles. The molecular weight excluding hydrogens is 428 g/mol. The van der Waals surface area contributed by atoms with Gasteiger partial charge in [0.15, 0.2) is 11.5 Å². The van der Waals surface area contributed by atoms with Crippen molar-refractivity contribution in [3.05, 3.63) is 28.3 Å². The fourth-order valence-corrected chi connectivity index (χ4v) is 5.65. The van der Waals surface area contributed by atoms with E-state index in [0.717, 1.165) is 6.54 Å². The quantitative estimate of drug-likeness (QED) is 0.625. The molecule has 2 aromatic rings. The van der Waals surface area contributed by atoms with Gasteiger partial charge in [0.05, 0.1) is 36.6 Å². The normalized spacial score (nSPS) is 21.2. The maximum Gasteiger partial charge on any atom is 0.258 e. The number of piperidine rings is 2. The number of thioether (sulfide) groups is 1. The Bertz CT molecular complexity index is 1010. The molecule has 2 fully saturated rings. The minimum absolute atomic E-state index is 0.0393. The molecule has 3 heterocycles. The number of rotatable bonds is 8. The number of carbonyl (C=O) groups excluding carboxylic acids is 1. The average molecular weight is 461 g/mol. The first-order valence-corrected chi connectivity index (χ1v) is 12.5. The van der Waals surface area contributed by atoms with E-state index < -0.39 is 0 Å². The minimum atomic E-state index is -0.231. The summed E-state index contributed by atoms with van der Waals surface area (Å²) in [6.07, 6.45) is 6.29. The third kappa shape index (κ3) is 5.20. The van der Waals surface area contributed by atoms with Crippen LogP contribution in [0.4, 0.5) is 0 Å². The van der Waals surface area contributed by atoms with Crippen LogP contribution in [0.1, 0.15) is 37.9 Å². The van der Waals surface area contributed by atoms with Crippen LogP contribution >= 0.6 is 11.8 Å². The second-order valence-corrected chi connectivity index (χ2v) is 9.52. The fraction of sp³-hybridized carbons (Fsp3) is 0.609. The highest BCUT2D eigenvalue weighted by Crippen LogP contribution is 2.31. The molecule has 2 saturated heterocycles. The number of nitrogens with zero attached hydrogens (tertiary/aromatic N) is 2. The van der Waals surface area contributed by atoms with Crippen molar-refractivity contribution >= 4 is 28.6 Å². The molecule has 1 amide bonds. The summed E-state index contributed by atoms with van der Waals surface area (Å²) in [4.78, 5) is 34.8. The number of carbonyl (C=O) groups is 1. The van der Waals surface area contributed by atoms with Gasteiger partial charge in [-0.2, -0.15) is 0 Å². The van der Waals surface area contributed by atoms with E-state index in [4.69, 9.17) is 9.47 Å². The SMILES string of the molecule is COc1cc2nc(CSCC(=O)NC[C@@H]3CCCN4CCCC[C@H]34)[nH]c(=O)c2cc1OC. The summed E-state index contributed by atoms with van der Waals surface area (Å²) in [5, 5.41) is 3.57. The van der Waals surface area contributed by atoms with Gasteiger partial charge < -0.3 is 24.7 Å². The Labute approximate surface area is 192 Å². The number of amides is 1. The van der Waals surface area contributed by atoms with Gasteiger partial charge in [-0.3, -0.25) is 9.59 Å². The standard InChI is InChI=1S/C23H32N4O4S/c1-30-19-10-16-17(11-20(19)31-2)25-21(26-23(16)29)13-32-14-22(28)24-12-15-6-5-9-27-8-4-3-7-18(15)27/h10-11,15,18H,3-9,12-14H2,1-2H3,(H,24,28)(H,25,26,29)/t15-,18+/m0/s1. The lowest BCUT2D eigenvalue weighted by Crippen LogP contribution is -2.51. The van der Waals surface area contributed by atoms with Crippen molar-refractivity contribution < 1.29 is 14.3 Å². The van der Waals surface area contributed by atoms with Crippen LogP contribution in [-0.4, -0.2) is 66.4 Å². The third-order valence-electron chi connectivity index (χ3n) is 6.52. The van der Waals surface area contributed by atoms with Gasteiger partial charge in [-0.25, -0.2) is 4.98 Å². The Hall–Kier alpha value is -2.26. The molecule has 0 spiro atoms. The van der Waals surface area contributed by atoms with Crippen molar-refractivity contribution in [1.82, 2.24) is 20.2 Å². The highest BCUT2D eigenvalue weighted by atomic mass is 32.2. The summed E-state index contributed by atoms with van der Waals surface area (Å²) in [6.45, 7) is 3.18. The van der Waals surface area contributed by atoms with Crippen molar-refractivity contribution in [3.8, 4) is 11.5 Å². The van der Waals surface area contributed by atoms with Crippen molar-refractivity contribution in [3.63, 3.8) is 0 Å². The molecule has 1 aromatic carbocycles. The lowest BCUT2D eigenvalue weighted by atomic mass is 9.83. The van der Waals surface area contributed by atoms with E-state index in [1.54, 1.807) is 19.2 Å². The number of ether oxygens (including phenoxy) is 2. The van der Waals surface area contributed by atoms with E-state index in [0.29, 0.717) is 51.7 Å². The molecule has 0 bridgehead atoms. The first-order valence-electron chi connectivity index (χ1n) is 11.3. The van der Waals surface area contributed by atoms with E-state index in [9.17, 15) is 9.59 Å². The molecule has 0 saturated carbocycles. The van der Waals surface area contributed by atoms with Gasteiger partial charge in [0.25, 0.3) is 5.56 Å². The monoisotopic (exact) mass is 460 g/mol. The van der Waals surface area contributed by atoms with Gasteiger partial charge in [0.1, 0.15) is 5.82 Å². The maximum absolute atomic E-state index is 12.5. The zero-order valence-corrected chi connectivity index (χ0v) is 19.6. The van der Waals surface area contributed by atoms with Crippen LogP contribution < -0.4 is 20.3 Å². The lowest BCUT2D eigenvalue weighted by molar-refractivity contribution is -0.119. The summed E-state index contributed by atoms with van der Waals surface area (Å²) in [6, 6.07) is 3.96. The largest absolute Gasteiger partial charge is 0.493 e. The molecule has 2 atom stereocenters. The first-order chi connectivity index (χ1) is 15.6. The van der Waals surface area contributed by atoms with Gasteiger partial charge >= 0.3 is 0 Å². The molecule has 4 rings (SSSR count). The highest BCUT2D eigenvalue weighted by Gasteiger charge is 2.32. The van der Waals surface area contributed by atoms with Crippen molar-refractivity contribution in [2.24, 2.45) is 5.92 Å². The number of hydrogen-bond donors (Lipinski definition) is 2. The maximum atomic E-state index is 12.5.